The monoisotopic (exact) mass is 469 g/mol. The van der Waals surface area contributed by atoms with Crippen LogP contribution in [-0.2, 0) is 4.79 Å². The predicted octanol–water partition coefficient (Wildman–Crippen LogP) is 4.28. The number of furan rings is 1. The molecule has 0 aliphatic carbocycles. The molecule has 0 fully saturated rings. The molecule has 0 bridgehead atoms. The Labute approximate surface area is 182 Å². The van der Waals surface area contributed by atoms with Gasteiger partial charge in [-0.05, 0) is 77.3 Å². The summed E-state index contributed by atoms with van der Waals surface area (Å²) in [5.41, 5.74) is 3.54. The van der Waals surface area contributed by atoms with Crippen molar-refractivity contribution in [3.05, 3.63) is 81.7 Å². The van der Waals surface area contributed by atoms with Crippen LogP contribution in [0.15, 0.2) is 63.7 Å². The molecule has 1 aromatic heterocycles. The standard InChI is InChI=1S/C22H20BrN3O4/c1-13-4-3-5-14(2)20(13)26-19(27)12-24-21(28)15-6-8-16(9-7-15)25-22(29)17-10-11-18(23)30-17/h3-11H,12H2,1-2H3,(H,24,28)(H,25,29)(H,26,27). The summed E-state index contributed by atoms with van der Waals surface area (Å²) in [6, 6.07) is 15.2. The number of hydrogen-bond donors (Lipinski definition) is 3. The highest BCUT2D eigenvalue weighted by molar-refractivity contribution is 9.10. The molecule has 8 heteroatoms. The number of hydrogen-bond acceptors (Lipinski definition) is 4. The van der Waals surface area contributed by atoms with Crippen molar-refractivity contribution >= 4 is 45.0 Å². The number of amides is 3. The summed E-state index contributed by atoms with van der Waals surface area (Å²) in [6.07, 6.45) is 0. The van der Waals surface area contributed by atoms with Crippen molar-refractivity contribution in [1.82, 2.24) is 5.32 Å². The molecule has 2 aromatic carbocycles. The molecule has 0 unspecified atom stereocenters. The Kier molecular flexibility index (Phi) is 6.68. The van der Waals surface area contributed by atoms with Gasteiger partial charge in [-0.3, -0.25) is 14.4 Å². The van der Waals surface area contributed by atoms with E-state index < -0.39 is 5.91 Å². The molecule has 0 atom stereocenters. The van der Waals surface area contributed by atoms with E-state index in [-0.39, 0.29) is 24.1 Å². The Bertz CT molecular complexity index is 1070. The lowest BCUT2D eigenvalue weighted by molar-refractivity contribution is -0.115. The van der Waals surface area contributed by atoms with Crippen LogP contribution in [-0.4, -0.2) is 24.3 Å². The van der Waals surface area contributed by atoms with Crippen LogP contribution in [0, 0.1) is 13.8 Å². The van der Waals surface area contributed by atoms with Crippen molar-refractivity contribution < 1.29 is 18.8 Å². The molecule has 154 valence electrons. The van der Waals surface area contributed by atoms with E-state index in [9.17, 15) is 14.4 Å². The summed E-state index contributed by atoms with van der Waals surface area (Å²) in [6.45, 7) is 3.66. The predicted molar refractivity (Wildman–Crippen MR) is 118 cm³/mol. The van der Waals surface area contributed by atoms with Crippen LogP contribution < -0.4 is 16.0 Å². The largest absolute Gasteiger partial charge is 0.444 e. The Morgan fingerprint density at radius 1 is 0.867 bits per heavy atom. The second-order valence-electron chi connectivity index (χ2n) is 6.63. The van der Waals surface area contributed by atoms with Crippen LogP contribution in [0.4, 0.5) is 11.4 Å². The molecular formula is C22H20BrN3O4. The molecule has 0 aliphatic heterocycles. The van der Waals surface area contributed by atoms with Gasteiger partial charge in [0, 0.05) is 16.9 Å². The maximum Gasteiger partial charge on any atom is 0.291 e. The van der Waals surface area contributed by atoms with E-state index in [4.69, 9.17) is 4.42 Å². The molecule has 0 aliphatic rings. The summed E-state index contributed by atoms with van der Waals surface area (Å²) in [4.78, 5) is 36.5. The molecule has 0 saturated carbocycles. The lowest BCUT2D eigenvalue weighted by Gasteiger charge is -2.12. The van der Waals surface area contributed by atoms with Gasteiger partial charge in [-0.25, -0.2) is 0 Å². The lowest BCUT2D eigenvalue weighted by atomic mass is 10.1. The first-order valence-electron chi connectivity index (χ1n) is 9.14. The fraction of sp³-hybridized carbons (Fsp3) is 0.136. The second-order valence-corrected chi connectivity index (χ2v) is 7.41. The normalized spacial score (nSPS) is 10.4. The maximum absolute atomic E-state index is 12.3. The van der Waals surface area contributed by atoms with Gasteiger partial charge < -0.3 is 20.4 Å². The van der Waals surface area contributed by atoms with Crippen LogP contribution in [0.5, 0.6) is 0 Å². The smallest absolute Gasteiger partial charge is 0.291 e. The maximum atomic E-state index is 12.3. The number of halogens is 1. The zero-order valence-corrected chi connectivity index (χ0v) is 18.0. The second kappa shape index (κ2) is 9.41. The van der Waals surface area contributed by atoms with Crippen LogP contribution in [0.1, 0.15) is 32.0 Å². The number of carbonyl (C=O) groups excluding carboxylic acids is 3. The van der Waals surface area contributed by atoms with Crippen molar-refractivity contribution in [2.24, 2.45) is 0 Å². The first kappa shape index (κ1) is 21.3. The number of nitrogens with one attached hydrogen (secondary N) is 3. The van der Waals surface area contributed by atoms with Gasteiger partial charge in [0.25, 0.3) is 11.8 Å². The van der Waals surface area contributed by atoms with Crippen molar-refractivity contribution in [2.75, 3.05) is 17.2 Å². The van der Waals surface area contributed by atoms with Gasteiger partial charge in [-0.2, -0.15) is 0 Å². The minimum Gasteiger partial charge on any atom is -0.444 e. The van der Waals surface area contributed by atoms with Gasteiger partial charge in [0.2, 0.25) is 5.91 Å². The number of benzene rings is 2. The van der Waals surface area contributed by atoms with E-state index in [1.807, 2.05) is 32.0 Å². The van der Waals surface area contributed by atoms with E-state index in [1.54, 1.807) is 36.4 Å². The van der Waals surface area contributed by atoms with Crippen LogP contribution in [0.2, 0.25) is 0 Å². The third-order valence-electron chi connectivity index (χ3n) is 4.36. The van der Waals surface area contributed by atoms with E-state index in [0.717, 1.165) is 16.8 Å². The van der Waals surface area contributed by atoms with Crippen LogP contribution in [0.25, 0.3) is 0 Å². The SMILES string of the molecule is Cc1cccc(C)c1NC(=O)CNC(=O)c1ccc(NC(=O)c2ccc(Br)o2)cc1. The van der Waals surface area contributed by atoms with Crippen molar-refractivity contribution in [3.63, 3.8) is 0 Å². The van der Waals surface area contributed by atoms with Gasteiger partial charge in [0.15, 0.2) is 10.4 Å². The topological polar surface area (TPSA) is 100 Å². The highest BCUT2D eigenvalue weighted by atomic mass is 79.9. The summed E-state index contributed by atoms with van der Waals surface area (Å²) in [5, 5.41) is 8.08. The van der Waals surface area contributed by atoms with Crippen molar-refractivity contribution in [1.29, 1.82) is 0 Å². The van der Waals surface area contributed by atoms with E-state index >= 15 is 0 Å². The molecule has 3 N–H and O–H groups in total. The average Bonchev–Trinajstić information content (AvgIpc) is 3.16. The van der Waals surface area contributed by atoms with Gasteiger partial charge in [0.05, 0.1) is 6.54 Å². The Morgan fingerprint density at radius 2 is 1.53 bits per heavy atom. The third kappa shape index (κ3) is 5.36. The molecule has 7 nitrogen and oxygen atoms in total. The number of aryl methyl sites for hydroxylation is 2. The summed E-state index contributed by atoms with van der Waals surface area (Å²) >= 11 is 3.14. The van der Waals surface area contributed by atoms with Crippen LogP contribution in [0.3, 0.4) is 0 Å². The highest BCUT2D eigenvalue weighted by Gasteiger charge is 2.13. The number of rotatable bonds is 6. The Morgan fingerprint density at radius 3 is 2.13 bits per heavy atom. The Balaban J connectivity index is 1.53. The fourth-order valence-electron chi connectivity index (χ4n) is 2.79. The molecule has 3 rings (SSSR count). The van der Waals surface area contributed by atoms with Crippen molar-refractivity contribution in [3.8, 4) is 0 Å². The van der Waals surface area contributed by atoms with E-state index in [0.29, 0.717) is 15.9 Å². The molecule has 0 saturated heterocycles. The average molecular weight is 470 g/mol. The summed E-state index contributed by atoms with van der Waals surface area (Å²) < 4.78 is 5.65. The van der Waals surface area contributed by atoms with E-state index in [1.165, 1.54) is 0 Å². The first-order valence-corrected chi connectivity index (χ1v) is 9.94. The molecule has 3 aromatic rings. The lowest BCUT2D eigenvalue weighted by Crippen LogP contribution is -2.33. The summed E-state index contributed by atoms with van der Waals surface area (Å²) in [5.74, 6) is -0.937. The quantitative estimate of drug-likeness (QED) is 0.501. The first-order chi connectivity index (χ1) is 14.3. The third-order valence-corrected chi connectivity index (χ3v) is 4.78. The summed E-state index contributed by atoms with van der Waals surface area (Å²) in [7, 11) is 0. The van der Waals surface area contributed by atoms with Crippen molar-refractivity contribution in [2.45, 2.75) is 13.8 Å². The minimum absolute atomic E-state index is 0.154. The molecular weight excluding hydrogens is 450 g/mol. The molecule has 0 radical (unpaired) electrons. The zero-order valence-electron chi connectivity index (χ0n) is 16.4. The fourth-order valence-corrected chi connectivity index (χ4v) is 3.10. The molecule has 3 amide bonds. The molecule has 30 heavy (non-hydrogen) atoms. The number of carbonyl (C=O) groups is 3. The van der Waals surface area contributed by atoms with Gasteiger partial charge >= 0.3 is 0 Å². The molecule has 0 spiro atoms. The zero-order chi connectivity index (χ0) is 21.7. The molecule has 1 heterocycles. The van der Waals surface area contributed by atoms with Crippen LogP contribution >= 0.6 is 15.9 Å². The van der Waals surface area contributed by atoms with Gasteiger partial charge in [0.1, 0.15) is 0 Å². The number of para-hydroxylation sites is 1. The Hall–Kier alpha value is -3.39. The van der Waals surface area contributed by atoms with Gasteiger partial charge in [-0.15, -0.1) is 0 Å². The minimum atomic E-state index is -0.402. The van der Waals surface area contributed by atoms with Gasteiger partial charge in [-0.1, -0.05) is 18.2 Å². The van der Waals surface area contributed by atoms with E-state index in [2.05, 4.69) is 31.9 Å². The number of anilines is 2. The highest BCUT2D eigenvalue weighted by Crippen LogP contribution is 2.19.